The molecule has 4 aromatic rings. The average Bonchev–Trinajstić information content (AvgIpc) is 3.13. The number of fused-ring (bicyclic) bond motifs is 1. The van der Waals surface area contributed by atoms with E-state index in [9.17, 15) is 13.2 Å². The fourth-order valence-electron chi connectivity index (χ4n) is 3.21. The normalized spacial score (nSPS) is 11.6. The summed E-state index contributed by atoms with van der Waals surface area (Å²) < 4.78 is 29.4. The summed E-state index contributed by atoms with van der Waals surface area (Å²) in [6.45, 7) is 0.532. The van der Waals surface area contributed by atoms with Crippen LogP contribution in [-0.2, 0) is 16.6 Å². The zero-order valence-corrected chi connectivity index (χ0v) is 18.4. The lowest BCUT2D eigenvalue weighted by atomic mass is 10.2. The summed E-state index contributed by atoms with van der Waals surface area (Å²) in [7, 11) is 0.0430. The number of carbonyl (C=O) groups excluding carboxylic acids is 1. The van der Waals surface area contributed by atoms with Crippen LogP contribution in [0.15, 0.2) is 78.0 Å². The van der Waals surface area contributed by atoms with Gasteiger partial charge in [0.05, 0.1) is 10.6 Å². The van der Waals surface area contributed by atoms with Crippen molar-refractivity contribution in [3.8, 4) is 0 Å². The number of rotatable bonds is 7. The van der Waals surface area contributed by atoms with Gasteiger partial charge in [0.1, 0.15) is 11.5 Å². The van der Waals surface area contributed by atoms with E-state index in [1.807, 2.05) is 47.8 Å². The molecule has 10 heteroatoms. The highest BCUT2D eigenvalue weighted by atomic mass is 32.2. The van der Waals surface area contributed by atoms with Gasteiger partial charge in [0.25, 0.3) is 15.9 Å². The highest BCUT2D eigenvalue weighted by Gasteiger charge is 2.20. The van der Waals surface area contributed by atoms with Gasteiger partial charge in [-0.2, -0.15) is 0 Å². The van der Waals surface area contributed by atoms with Crippen LogP contribution in [0.1, 0.15) is 16.2 Å². The highest BCUT2D eigenvalue weighted by Crippen LogP contribution is 2.19. The van der Waals surface area contributed by atoms with Gasteiger partial charge in [0.15, 0.2) is 5.69 Å². The number of carbonyl (C=O) groups is 1. The maximum atomic E-state index is 13.0. The maximum absolute atomic E-state index is 13.0. The van der Waals surface area contributed by atoms with Crippen molar-refractivity contribution in [3.05, 3.63) is 84.4 Å². The second-order valence-corrected chi connectivity index (χ2v) is 9.06. The Bertz CT molecular complexity index is 1350. The Morgan fingerprint density at radius 2 is 1.78 bits per heavy atom. The van der Waals surface area contributed by atoms with Gasteiger partial charge in [-0.05, 0) is 62.6 Å². The number of nitrogens with one attached hydrogen (secondary N) is 2. The molecule has 1 aromatic carbocycles. The molecule has 0 aliphatic heterocycles. The van der Waals surface area contributed by atoms with Gasteiger partial charge >= 0.3 is 0 Å². The van der Waals surface area contributed by atoms with Gasteiger partial charge in [-0.3, -0.25) is 9.52 Å². The number of benzene rings is 1. The van der Waals surface area contributed by atoms with Crippen LogP contribution < -0.4 is 10.0 Å². The Kier molecular flexibility index (Phi) is 5.89. The highest BCUT2D eigenvalue weighted by molar-refractivity contribution is 7.92. The molecule has 0 bridgehead atoms. The molecule has 3 aromatic heterocycles. The molecule has 0 aliphatic rings. The second-order valence-electron chi connectivity index (χ2n) is 7.37. The molecule has 0 radical (unpaired) electrons. The monoisotopic (exact) mass is 450 g/mol. The molecule has 4 rings (SSSR count). The molecule has 32 heavy (non-hydrogen) atoms. The maximum Gasteiger partial charge on any atom is 0.276 e. The van der Waals surface area contributed by atoms with E-state index < -0.39 is 10.0 Å². The first kappa shape index (κ1) is 21.5. The first-order chi connectivity index (χ1) is 15.3. The molecule has 0 saturated heterocycles. The third-order valence-electron chi connectivity index (χ3n) is 4.64. The standard InChI is InChI=1S/C22H22N6O3S/c1-27(2)15-18-21(25-20-8-4-6-14-28(18)20)22(29)24-16-9-11-17(12-10-16)32(30,31)26-19-7-3-5-13-23-19/h3-14H,15H2,1-2H3,(H,23,26)(H,24,29). The molecule has 1 amide bonds. The fourth-order valence-corrected chi connectivity index (χ4v) is 4.21. The van der Waals surface area contributed by atoms with Crippen molar-refractivity contribution in [3.63, 3.8) is 0 Å². The van der Waals surface area contributed by atoms with Crippen LogP contribution in [0.4, 0.5) is 11.5 Å². The molecule has 0 saturated carbocycles. The molecular weight excluding hydrogens is 428 g/mol. The Labute approximate surface area is 185 Å². The van der Waals surface area contributed by atoms with E-state index in [1.54, 1.807) is 18.2 Å². The van der Waals surface area contributed by atoms with E-state index in [0.29, 0.717) is 23.6 Å². The zero-order chi connectivity index (χ0) is 22.7. The summed E-state index contributed by atoms with van der Waals surface area (Å²) in [4.78, 5) is 23.4. The lowest BCUT2D eigenvalue weighted by Gasteiger charge is -2.12. The summed E-state index contributed by atoms with van der Waals surface area (Å²) in [5.41, 5.74) is 2.22. The van der Waals surface area contributed by atoms with Gasteiger partial charge in [-0.1, -0.05) is 12.1 Å². The summed E-state index contributed by atoms with van der Waals surface area (Å²) >= 11 is 0. The van der Waals surface area contributed by atoms with Crippen LogP contribution in [0.25, 0.3) is 5.65 Å². The lowest BCUT2D eigenvalue weighted by molar-refractivity contribution is 0.102. The number of imidazole rings is 1. The number of anilines is 2. The van der Waals surface area contributed by atoms with E-state index in [-0.39, 0.29) is 16.6 Å². The fraction of sp³-hybridized carbons (Fsp3) is 0.136. The summed E-state index contributed by atoms with van der Waals surface area (Å²) in [5.74, 6) is -0.141. The molecule has 164 valence electrons. The van der Waals surface area contributed by atoms with Gasteiger partial charge < -0.3 is 14.6 Å². The third-order valence-corrected chi connectivity index (χ3v) is 6.01. The molecule has 0 unspecified atom stereocenters. The number of sulfonamides is 1. The van der Waals surface area contributed by atoms with Crippen LogP contribution in [0.3, 0.4) is 0 Å². The van der Waals surface area contributed by atoms with Crippen molar-refractivity contribution in [1.29, 1.82) is 0 Å². The van der Waals surface area contributed by atoms with E-state index in [2.05, 4.69) is 20.0 Å². The predicted octanol–water partition coefficient (Wildman–Crippen LogP) is 2.84. The molecule has 0 fully saturated rings. The van der Waals surface area contributed by atoms with Crippen LogP contribution in [0.2, 0.25) is 0 Å². The SMILES string of the molecule is CN(C)Cc1c(C(=O)Nc2ccc(S(=O)(=O)Nc3ccccn3)cc2)nc2ccccn12. The Balaban J connectivity index is 1.55. The van der Waals surface area contributed by atoms with Crippen LogP contribution in [-0.4, -0.2) is 47.7 Å². The van der Waals surface area contributed by atoms with Crippen molar-refractivity contribution in [1.82, 2.24) is 19.3 Å². The molecule has 0 spiro atoms. The predicted molar refractivity (Wildman–Crippen MR) is 122 cm³/mol. The molecule has 9 nitrogen and oxygen atoms in total. The molecular formula is C22H22N6O3S. The molecule has 0 atom stereocenters. The summed E-state index contributed by atoms with van der Waals surface area (Å²) in [6.07, 6.45) is 3.37. The largest absolute Gasteiger partial charge is 0.321 e. The number of aromatic nitrogens is 3. The molecule has 0 aliphatic carbocycles. The van der Waals surface area contributed by atoms with Crippen LogP contribution in [0.5, 0.6) is 0 Å². The van der Waals surface area contributed by atoms with Crippen molar-refractivity contribution in [2.75, 3.05) is 24.1 Å². The summed E-state index contributed by atoms with van der Waals surface area (Å²) in [6, 6.07) is 16.4. The van der Waals surface area contributed by atoms with Crippen molar-refractivity contribution < 1.29 is 13.2 Å². The van der Waals surface area contributed by atoms with E-state index in [0.717, 1.165) is 5.69 Å². The second kappa shape index (κ2) is 8.77. The van der Waals surface area contributed by atoms with Gasteiger partial charge in [0.2, 0.25) is 0 Å². The summed E-state index contributed by atoms with van der Waals surface area (Å²) in [5, 5.41) is 2.80. The van der Waals surface area contributed by atoms with Crippen LogP contribution in [0, 0.1) is 0 Å². The smallest absolute Gasteiger partial charge is 0.276 e. The number of hydrogen-bond donors (Lipinski definition) is 2. The Morgan fingerprint density at radius 3 is 2.47 bits per heavy atom. The molecule has 2 N–H and O–H groups in total. The van der Waals surface area contributed by atoms with E-state index in [4.69, 9.17) is 0 Å². The topological polar surface area (TPSA) is 109 Å². The molecule has 3 heterocycles. The first-order valence-corrected chi connectivity index (χ1v) is 11.3. The van der Waals surface area contributed by atoms with E-state index >= 15 is 0 Å². The minimum Gasteiger partial charge on any atom is -0.321 e. The number of pyridine rings is 2. The van der Waals surface area contributed by atoms with Crippen LogP contribution >= 0.6 is 0 Å². The lowest BCUT2D eigenvalue weighted by Crippen LogP contribution is -2.19. The number of nitrogens with zero attached hydrogens (tertiary/aromatic N) is 4. The Morgan fingerprint density at radius 1 is 1.03 bits per heavy atom. The Hall–Kier alpha value is -3.76. The minimum atomic E-state index is -3.79. The quantitative estimate of drug-likeness (QED) is 0.448. The van der Waals surface area contributed by atoms with Crippen molar-refractivity contribution >= 4 is 33.1 Å². The third kappa shape index (κ3) is 4.61. The van der Waals surface area contributed by atoms with Gasteiger partial charge in [-0.25, -0.2) is 18.4 Å². The first-order valence-electron chi connectivity index (χ1n) is 9.79. The van der Waals surface area contributed by atoms with E-state index in [1.165, 1.54) is 30.5 Å². The van der Waals surface area contributed by atoms with Crippen molar-refractivity contribution in [2.45, 2.75) is 11.4 Å². The average molecular weight is 451 g/mol. The zero-order valence-electron chi connectivity index (χ0n) is 17.6. The number of amides is 1. The van der Waals surface area contributed by atoms with Gasteiger partial charge in [0, 0.05) is 24.6 Å². The number of hydrogen-bond acceptors (Lipinski definition) is 6. The van der Waals surface area contributed by atoms with Gasteiger partial charge in [-0.15, -0.1) is 0 Å². The van der Waals surface area contributed by atoms with Crippen molar-refractivity contribution in [2.24, 2.45) is 0 Å². The minimum absolute atomic E-state index is 0.0576.